The van der Waals surface area contributed by atoms with Crippen LogP contribution < -0.4 is 5.32 Å². The third kappa shape index (κ3) is 4.25. The fraction of sp³-hybridized carbons (Fsp3) is 0.533. The SMILES string of the molecule is CCS(=O)(=O)N1CCCC(C(=O)NCc2nc(-c3cccs3)no2)C1. The maximum Gasteiger partial charge on any atom is 0.246 e. The first-order valence-corrected chi connectivity index (χ1v) is 10.6. The van der Waals surface area contributed by atoms with Gasteiger partial charge in [-0.1, -0.05) is 11.2 Å². The average molecular weight is 384 g/mol. The number of nitrogens with one attached hydrogen (secondary N) is 1. The Morgan fingerprint density at radius 1 is 1.52 bits per heavy atom. The van der Waals surface area contributed by atoms with Gasteiger partial charge in [-0.2, -0.15) is 4.98 Å². The molecule has 3 rings (SSSR count). The second-order valence-electron chi connectivity index (χ2n) is 5.80. The summed E-state index contributed by atoms with van der Waals surface area (Å²) in [5.41, 5.74) is 0. The van der Waals surface area contributed by atoms with Crippen LogP contribution >= 0.6 is 11.3 Å². The Hall–Kier alpha value is -1.78. The summed E-state index contributed by atoms with van der Waals surface area (Å²) in [6.07, 6.45) is 1.35. The number of hydrogen-bond donors (Lipinski definition) is 1. The Morgan fingerprint density at radius 2 is 2.36 bits per heavy atom. The summed E-state index contributed by atoms with van der Waals surface area (Å²) in [4.78, 5) is 17.5. The normalized spacial score (nSPS) is 19.0. The molecule has 1 unspecified atom stereocenters. The highest BCUT2D eigenvalue weighted by Crippen LogP contribution is 2.22. The summed E-state index contributed by atoms with van der Waals surface area (Å²) >= 11 is 1.51. The maximum atomic E-state index is 12.3. The molecule has 2 aromatic rings. The van der Waals surface area contributed by atoms with Crippen LogP contribution in [-0.2, 0) is 21.4 Å². The van der Waals surface area contributed by atoms with Crippen LogP contribution in [0.25, 0.3) is 10.7 Å². The van der Waals surface area contributed by atoms with E-state index in [0.29, 0.717) is 31.1 Å². The van der Waals surface area contributed by atoms with Crippen molar-refractivity contribution < 1.29 is 17.7 Å². The fourth-order valence-electron chi connectivity index (χ4n) is 2.73. The molecule has 3 heterocycles. The van der Waals surface area contributed by atoms with Gasteiger partial charge in [0, 0.05) is 13.1 Å². The number of carbonyl (C=O) groups is 1. The highest BCUT2D eigenvalue weighted by Gasteiger charge is 2.31. The summed E-state index contributed by atoms with van der Waals surface area (Å²) in [5, 5.41) is 8.58. The minimum atomic E-state index is -3.26. The Morgan fingerprint density at radius 3 is 3.08 bits per heavy atom. The number of hydrogen-bond acceptors (Lipinski definition) is 7. The van der Waals surface area contributed by atoms with Crippen LogP contribution in [0.2, 0.25) is 0 Å². The number of sulfonamides is 1. The van der Waals surface area contributed by atoms with Gasteiger partial charge in [0.25, 0.3) is 0 Å². The fourth-order valence-corrected chi connectivity index (χ4v) is 4.56. The quantitative estimate of drug-likeness (QED) is 0.809. The zero-order valence-corrected chi connectivity index (χ0v) is 15.5. The lowest BCUT2D eigenvalue weighted by atomic mass is 9.99. The maximum absolute atomic E-state index is 12.3. The smallest absolute Gasteiger partial charge is 0.246 e. The molecule has 10 heteroatoms. The molecule has 0 radical (unpaired) electrons. The Balaban J connectivity index is 1.56. The molecular formula is C15H20N4O4S2. The third-order valence-electron chi connectivity index (χ3n) is 4.14. The molecule has 8 nitrogen and oxygen atoms in total. The lowest BCUT2D eigenvalue weighted by molar-refractivity contribution is -0.126. The number of nitrogens with zero attached hydrogens (tertiary/aromatic N) is 3. The van der Waals surface area contributed by atoms with Crippen molar-refractivity contribution in [1.29, 1.82) is 0 Å². The van der Waals surface area contributed by atoms with Gasteiger partial charge in [0.1, 0.15) is 0 Å². The molecule has 1 amide bonds. The zero-order chi connectivity index (χ0) is 17.9. The van der Waals surface area contributed by atoms with Crippen LogP contribution in [0.4, 0.5) is 0 Å². The number of piperidine rings is 1. The van der Waals surface area contributed by atoms with E-state index in [0.717, 1.165) is 4.88 Å². The molecule has 0 saturated carbocycles. The predicted octanol–water partition coefficient (Wildman–Crippen LogP) is 1.48. The standard InChI is InChI=1S/C15H20N4O4S2/c1-2-25(21,22)19-7-3-5-11(10-19)15(20)16-9-13-17-14(18-23-13)12-6-4-8-24-12/h4,6,8,11H,2-3,5,7,9-10H2,1H3,(H,16,20). The van der Waals surface area contributed by atoms with E-state index in [1.807, 2.05) is 17.5 Å². The minimum absolute atomic E-state index is 0.0504. The molecule has 136 valence electrons. The first kappa shape index (κ1) is 18.0. The van der Waals surface area contributed by atoms with Crippen molar-refractivity contribution in [2.45, 2.75) is 26.3 Å². The van der Waals surface area contributed by atoms with E-state index >= 15 is 0 Å². The van der Waals surface area contributed by atoms with Gasteiger partial charge in [-0.05, 0) is 31.2 Å². The van der Waals surface area contributed by atoms with E-state index in [2.05, 4.69) is 15.5 Å². The Bertz CT molecular complexity index is 816. The van der Waals surface area contributed by atoms with Crippen LogP contribution in [-0.4, -0.2) is 47.6 Å². The largest absolute Gasteiger partial charge is 0.347 e. The molecular weight excluding hydrogens is 364 g/mol. The molecule has 0 aromatic carbocycles. The molecule has 1 aliphatic heterocycles. The van der Waals surface area contributed by atoms with Gasteiger partial charge in [-0.3, -0.25) is 4.79 Å². The van der Waals surface area contributed by atoms with Gasteiger partial charge in [-0.25, -0.2) is 12.7 Å². The average Bonchev–Trinajstić information content (AvgIpc) is 3.31. The third-order valence-corrected chi connectivity index (χ3v) is 6.85. The van der Waals surface area contributed by atoms with Gasteiger partial charge >= 0.3 is 0 Å². The van der Waals surface area contributed by atoms with Crippen LogP contribution in [0, 0.1) is 5.92 Å². The zero-order valence-electron chi connectivity index (χ0n) is 13.8. The number of aromatic nitrogens is 2. The van der Waals surface area contributed by atoms with Crippen molar-refractivity contribution >= 4 is 27.3 Å². The van der Waals surface area contributed by atoms with E-state index in [4.69, 9.17) is 4.52 Å². The van der Waals surface area contributed by atoms with E-state index in [-0.39, 0.29) is 30.7 Å². The Kier molecular flexibility index (Phi) is 5.50. The van der Waals surface area contributed by atoms with Crippen LogP contribution in [0.5, 0.6) is 0 Å². The van der Waals surface area contributed by atoms with Crippen molar-refractivity contribution in [3.8, 4) is 10.7 Å². The molecule has 25 heavy (non-hydrogen) atoms. The van der Waals surface area contributed by atoms with E-state index in [1.165, 1.54) is 15.6 Å². The molecule has 1 N–H and O–H groups in total. The lowest BCUT2D eigenvalue weighted by Crippen LogP contribution is -2.45. The highest BCUT2D eigenvalue weighted by atomic mass is 32.2. The summed E-state index contributed by atoms with van der Waals surface area (Å²) in [7, 11) is -3.26. The highest BCUT2D eigenvalue weighted by molar-refractivity contribution is 7.89. The molecule has 1 saturated heterocycles. The molecule has 0 spiro atoms. The predicted molar refractivity (Wildman–Crippen MR) is 93.2 cm³/mol. The molecule has 1 fully saturated rings. The van der Waals surface area contributed by atoms with Crippen molar-refractivity contribution in [1.82, 2.24) is 19.8 Å². The lowest BCUT2D eigenvalue weighted by Gasteiger charge is -2.30. The second-order valence-corrected chi connectivity index (χ2v) is 9.01. The molecule has 2 aromatic heterocycles. The summed E-state index contributed by atoms with van der Waals surface area (Å²) in [6, 6.07) is 3.79. The summed E-state index contributed by atoms with van der Waals surface area (Å²) in [5.74, 6) is 0.332. The molecule has 1 atom stereocenters. The van der Waals surface area contributed by atoms with Crippen LogP contribution in [0.1, 0.15) is 25.7 Å². The van der Waals surface area contributed by atoms with Gasteiger partial charge < -0.3 is 9.84 Å². The van der Waals surface area contributed by atoms with Crippen molar-refractivity contribution in [3.05, 3.63) is 23.4 Å². The number of rotatable bonds is 6. The molecule has 0 aliphatic carbocycles. The first-order valence-electron chi connectivity index (χ1n) is 8.11. The number of amides is 1. The summed E-state index contributed by atoms with van der Waals surface area (Å²) < 4.78 is 30.5. The molecule has 1 aliphatic rings. The van der Waals surface area contributed by atoms with Crippen LogP contribution in [0.15, 0.2) is 22.0 Å². The monoisotopic (exact) mass is 384 g/mol. The van der Waals surface area contributed by atoms with E-state index in [9.17, 15) is 13.2 Å². The van der Waals surface area contributed by atoms with Crippen LogP contribution in [0.3, 0.4) is 0 Å². The summed E-state index contributed by atoms with van der Waals surface area (Å²) in [6.45, 7) is 2.45. The van der Waals surface area contributed by atoms with E-state index in [1.54, 1.807) is 6.92 Å². The number of carbonyl (C=O) groups excluding carboxylic acids is 1. The topological polar surface area (TPSA) is 105 Å². The second kappa shape index (κ2) is 7.63. The molecule has 0 bridgehead atoms. The van der Waals surface area contributed by atoms with Crippen molar-refractivity contribution in [3.63, 3.8) is 0 Å². The van der Waals surface area contributed by atoms with Gasteiger partial charge in [0.2, 0.25) is 27.6 Å². The van der Waals surface area contributed by atoms with E-state index < -0.39 is 10.0 Å². The van der Waals surface area contributed by atoms with Crippen molar-refractivity contribution in [2.75, 3.05) is 18.8 Å². The first-order chi connectivity index (χ1) is 12.0. The van der Waals surface area contributed by atoms with Crippen molar-refractivity contribution in [2.24, 2.45) is 5.92 Å². The van der Waals surface area contributed by atoms with Gasteiger partial charge in [0.05, 0.1) is 23.1 Å². The van der Waals surface area contributed by atoms with Gasteiger partial charge in [0.15, 0.2) is 0 Å². The Labute approximate surface area is 150 Å². The minimum Gasteiger partial charge on any atom is -0.347 e. The number of thiophene rings is 1. The van der Waals surface area contributed by atoms with Gasteiger partial charge in [-0.15, -0.1) is 11.3 Å².